The molecule has 0 unspecified atom stereocenters. The molecular formula is C25H26N2O4. The first-order valence-corrected chi connectivity index (χ1v) is 10.3. The van der Waals surface area contributed by atoms with E-state index in [4.69, 9.17) is 14.0 Å². The molecule has 0 aliphatic heterocycles. The molecular weight excluding hydrogens is 392 g/mol. The molecule has 0 spiro atoms. The molecule has 1 N–H and O–H groups in total. The Morgan fingerprint density at radius 1 is 1.10 bits per heavy atom. The molecule has 1 aliphatic rings. The number of amides is 1. The number of ether oxygens (including phenoxy) is 2. The number of aryl methyl sites for hydroxylation is 1. The Balaban J connectivity index is 1.55. The summed E-state index contributed by atoms with van der Waals surface area (Å²) < 4.78 is 15.8. The first-order valence-electron chi connectivity index (χ1n) is 10.3. The smallest absolute Gasteiger partial charge is 0.411 e. The van der Waals surface area contributed by atoms with Gasteiger partial charge in [-0.2, -0.15) is 0 Å². The van der Waals surface area contributed by atoms with Crippen LogP contribution in [0.3, 0.4) is 0 Å². The van der Waals surface area contributed by atoms with Crippen LogP contribution in [0.5, 0.6) is 0 Å². The summed E-state index contributed by atoms with van der Waals surface area (Å²) in [5.41, 5.74) is 5.35. The van der Waals surface area contributed by atoms with Crippen LogP contribution in [0, 0.1) is 6.92 Å². The van der Waals surface area contributed by atoms with E-state index in [0.717, 1.165) is 35.3 Å². The van der Waals surface area contributed by atoms with Crippen molar-refractivity contribution in [3.63, 3.8) is 0 Å². The fraction of sp³-hybridized carbons (Fsp3) is 0.280. The maximum Gasteiger partial charge on any atom is 0.411 e. The lowest BCUT2D eigenvalue weighted by Gasteiger charge is -2.18. The third-order valence-electron chi connectivity index (χ3n) is 5.81. The van der Waals surface area contributed by atoms with Gasteiger partial charge in [0.2, 0.25) is 0 Å². The minimum absolute atomic E-state index is 0.0242. The Bertz CT molecular complexity index is 1090. The second-order valence-corrected chi connectivity index (χ2v) is 7.68. The van der Waals surface area contributed by atoms with Crippen molar-refractivity contribution in [1.82, 2.24) is 5.16 Å². The molecule has 4 rings (SSSR count). The highest BCUT2D eigenvalue weighted by atomic mass is 16.5. The molecule has 6 nitrogen and oxygen atoms in total. The van der Waals surface area contributed by atoms with E-state index in [9.17, 15) is 4.79 Å². The van der Waals surface area contributed by atoms with Crippen LogP contribution in [-0.2, 0) is 14.9 Å². The number of hydrogen-bond donors (Lipinski definition) is 1. The average Bonchev–Trinajstić information content (AvgIpc) is 3.53. The number of aromatic nitrogens is 1. The largest absolute Gasteiger partial charge is 0.501 e. The standard InChI is InChI=1S/C25H26N2O4/c1-5-30-24(28)26-22-16(2)27-31-23(22)20-8-6-18(7-9-20)19-10-12-21(13-11-19)25(14-15-25)17(3)29-4/h6-13H,3,5,14-15H2,1-2,4H3,(H,26,28). The maximum absolute atomic E-state index is 11.8. The van der Waals surface area contributed by atoms with Crippen molar-refractivity contribution in [2.75, 3.05) is 19.0 Å². The summed E-state index contributed by atoms with van der Waals surface area (Å²) in [7, 11) is 1.68. The van der Waals surface area contributed by atoms with Crippen LogP contribution in [0.25, 0.3) is 22.5 Å². The van der Waals surface area contributed by atoms with Crippen molar-refractivity contribution in [3.05, 3.63) is 72.1 Å². The van der Waals surface area contributed by atoms with Gasteiger partial charge in [0.15, 0.2) is 5.76 Å². The van der Waals surface area contributed by atoms with Crippen molar-refractivity contribution >= 4 is 11.8 Å². The van der Waals surface area contributed by atoms with Crippen LogP contribution in [0.4, 0.5) is 10.5 Å². The summed E-state index contributed by atoms with van der Waals surface area (Å²) in [4.78, 5) is 11.8. The van der Waals surface area contributed by atoms with Crippen molar-refractivity contribution < 1.29 is 18.8 Å². The molecule has 1 saturated carbocycles. The van der Waals surface area contributed by atoms with Gasteiger partial charge in [-0.25, -0.2) is 4.79 Å². The Morgan fingerprint density at radius 2 is 1.68 bits per heavy atom. The van der Waals surface area contributed by atoms with E-state index < -0.39 is 6.09 Å². The van der Waals surface area contributed by atoms with Crippen LogP contribution in [0.15, 0.2) is 65.4 Å². The summed E-state index contributed by atoms with van der Waals surface area (Å²) in [6, 6.07) is 16.5. The highest BCUT2D eigenvalue weighted by molar-refractivity contribution is 5.90. The summed E-state index contributed by atoms with van der Waals surface area (Å²) in [5, 5.41) is 6.69. The quantitative estimate of drug-likeness (QED) is 0.471. The van der Waals surface area contributed by atoms with Crippen molar-refractivity contribution in [1.29, 1.82) is 0 Å². The van der Waals surface area contributed by atoms with Gasteiger partial charge in [-0.3, -0.25) is 5.32 Å². The average molecular weight is 418 g/mol. The number of rotatable bonds is 7. The van der Waals surface area contributed by atoms with Gasteiger partial charge in [0.1, 0.15) is 11.4 Å². The highest BCUT2D eigenvalue weighted by Gasteiger charge is 2.48. The number of hydrogen-bond acceptors (Lipinski definition) is 5. The second kappa shape index (κ2) is 8.30. The molecule has 31 heavy (non-hydrogen) atoms. The fourth-order valence-corrected chi connectivity index (χ4v) is 3.83. The Labute approximate surface area is 181 Å². The molecule has 2 aromatic carbocycles. The Morgan fingerprint density at radius 3 is 2.23 bits per heavy atom. The maximum atomic E-state index is 11.8. The normalized spacial score (nSPS) is 14.0. The lowest BCUT2D eigenvalue weighted by atomic mass is 9.92. The number of nitrogens with zero attached hydrogens (tertiary/aromatic N) is 1. The number of anilines is 1. The van der Waals surface area contributed by atoms with Gasteiger partial charge in [0.05, 0.1) is 24.9 Å². The Kier molecular flexibility index (Phi) is 5.55. The van der Waals surface area contributed by atoms with Crippen LogP contribution in [0.2, 0.25) is 0 Å². The minimum atomic E-state index is -0.531. The second-order valence-electron chi connectivity index (χ2n) is 7.68. The van der Waals surface area contributed by atoms with Gasteiger partial charge in [-0.05, 0) is 43.4 Å². The minimum Gasteiger partial charge on any atom is -0.501 e. The predicted octanol–water partition coefficient (Wildman–Crippen LogP) is 6.08. The lowest BCUT2D eigenvalue weighted by Crippen LogP contribution is -2.14. The Hall–Kier alpha value is -3.54. The van der Waals surface area contributed by atoms with Crippen LogP contribution >= 0.6 is 0 Å². The molecule has 1 aromatic heterocycles. The van der Waals surface area contributed by atoms with E-state index in [1.165, 1.54) is 5.56 Å². The molecule has 3 aromatic rings. The highest BCUT2D eigenvalue weighted by Crippen LogP contribution is 2.53. The zero-order chi connectivity index (χ0) is 22.0. The zero-order valence-corrected chi connectivity index (χ0v) is 18.0. The van der Waals surface area contributed by atoms with Crippen LogP contribution < -0.4 is 5.32 Å². The SMILES string of the molecule is C=C(OC)C1(c2ccc(-c3ccc(-c4onc(C)c4NC(=O)OCC)cc3)cc2)CC1. The molecule has 1 fully saturated rings. The molecule has 160 valence electrons. The predicted molar refractivity (Wildman–Crippen MR) is 120 cm³/mol. The van der Waals surface area contributed by atoms with Gasteiger partial charge in [0.25, 0.3) is 0 Å². The van der Waals surface area contributed by atoms with Gasteiger partial charge in [-0.1, -0.05) is 60.3 Å². The van der Waals surface area contributed by atoms with E-state index in [2.05, 4.69) is 41.3 Å². The zero-order valence-electron chi connectivity index (χ0n) is 18.0. The van der Waals surface area contributed by atoms with E-state index in [0.29, 0.717) is 23.7 Å². The number of methoxy groups -OCH3 is 1. The molecule has 1 aliphatic carbocycles. The van der Waals surface area contributed by atoms with E-state index >= 15 is 0 Å². The number of nitrogens with one attached hydrogen (secondary N) is 1. The number of carbonyl (C=O) groups is 1. The number of carbonyl (C=O) groups excluding carboxylic acids is 1. The third kappa shape index (κ3) is 3.93. The van der Waals surface area contributed by atoms with E-state index in [1.807, 2.05) is 24.3 Å². The van der Waals surface area contributed by atoms with Crippen molar-refractivity contribution in [2.24, 2.45) is 0 Å². The number of allylic oxidation sites excluding steroid dienone is 1. The van der Waals surface area contributed by atoms with Crippen molar-refractivity contribution in [2.45, 2.75) is 32.1 Å². The molecule has 1 amide bonds. The molecule has 0 atom stereocenters. The van der Waals surface area contributed by atoms with E-state index in [-0.39, 0.29) is 5.41 Å². The first-order chi connectivity index (χ1) is 15.0. The van der Waals surface area contributed by atoms with Gasteiger partial charge in [0, 0.05) is 5.56 Å². The topological polar surface area (TPSA) is 73.6 Å². The third-order valence-corrected chi connectivity index (χ3v) is 5.81. The molecule has 0 bridgehead atoms. The van der Waals surface area contributed by atoms with Crippen LogP contribution in [-0.4, -0.2) is 25.0 Å². The molecule has 0 radical (unpaired) electrons. The summed E-state index contributed by atoms with van der Waals surface area (Å²) >= 11 is 0. The molecule has 0 saturated heterocycles. The summed E-state index contributed by atoms with van der Waals surface area (Å²) in [5.74, 6) is 1.33. The van der Waals surface area contributed by atoms with Gasteiger partial charge >= 0.3 is 6.09 Å². The monoisotopic (exact) mass is 418 g/mol. The van der Waals surface area contributed by atoms with E-state index in [1.54, 1.807) is 21.0 Å². The van der Waals surface area contributed by atoms with Crippen molar-refractivity contribution in [3.8, 4) is 22.5 Å². The van der Waals surface area contributed by atoms with Gasteiger partial charge < -0.3 is 14.0 Å². The van der Waals surface area contributed by atoms with Crippen LogP contribution in [0.1, 0.15) is 31.0 Å². The summed E-state index contributed by atoms with van der Waals surface area (Å²) in [6.45, 7) is 7.89. The molecule has 1 heterocycles. The fourth-order valence-electron chi connectivity index (χ4n) is 3.83. The first kappa shape index (κ1) is 20.7. The van der Waals surface area contributed by atoms with Gasteiger partial charge in [-0.15, -0.1) is 0 Å². The summed E-state index contributed by atoms with van der Waals surface area (Å²) in [6.07, 6.45) is 1.62. The lowest BCUT2D eigenvalue weighted by molar-refractivity contribution is 0.168. The number of benzene rings is 2. The molecule has 6 heteroatoms.